The van der Waals surface area contributed by atoms with Crippen LogP contribution in [0.4, 0.5) is 11.6 Å². The van der Waals surface area contributed by atoms with Crippen molar-refractivity contribution in [1.82, 2.24) is 10.3 Å². The van der Waals surface area contributed by atoms with Gasteiger partial charge in [0.15, 0.2) is 0 Å². The lowest BCUT2D eigenvalue weighted by atomic mass is 10.2. The van der Waals surface area contributed by atoms with Gasteiger partial charge in [0.2, 0.25) is 0 Å². The summed E-state index contributed by atoms with van der Waals surface area (Å²) >= 11 is 0. The van der Waals surface area contributed by atoms with Gasteiger partial charge in [-0.15, -0.1) is 0 Å². The molecule has 5 nitrogen and oxygen atoms in total. The number of pyridine rings is 1. The van der Waals surface area contributed by atoms with Crippen molar-refractivity contribution >= 4 is 17.5 Å². The molecule has 0 bridgehead atoms. The summed E-state index contributed by atoms with van der Waals surface area (Å²) in [7, 11) is 1.54. The Morgan fingerprint density at radius 3 is 2.33 bits per heavy atom. The van der Waals surface area contributed by atoms with Gasteiger partial charge in [-0.3, -0.25) is 4.79 Å². The van der Waals surface area contributed by atoms with Gasteiger partial charge in [0.05, 0.1) is 0 Å². The number of carbonyl (C=O) groups is 1. The lowest BCUT2D eigenvalue weighted by Gasteiger charge is -2.01. The Labute approximate surface area is 69.8 Å². The van der Waals surface area contributed by atoms with Crippen molar-refractivity contribution in [2.75, 3.05) is 18.5 Å². The molecule has 0 aliphatic carbocycles. The number of rotatable bonds is 1. The Hall–Kier alpha value is -1.78. The fraction of sp³-hybridized carbons (Fsp3) is 0.143. The number of nitrogens with zero attached hydrogens (tertiary/aromatic N) is 1. The molecule has 5 heteroatoms. The number of carbonyl (C=O) groups excluding carboxylic acids is 1. The van der Waals surface area contributed by atoms with Crippen molar-refractivity contribution in [3.63, 3.8) is 0 Å². The summed E-state index contributed by atoms with van der Waals surface area (Å²) in [4.78, 5) is 14.8. The number of anilines is 2. The van der Waals surface area contributed by atoms with Crippen molar-refractivity contribution in [2.24, 2.45) is 0 Å². The van der Waals surface area contributed by atoms with Crippen LogP contribution >= 0.6 is 0 Å². The second kappa shape index (κ2) is 3.08. The predicted octanol–water partition coefficient (Wildman–Crippen LogP) is -0.394. The largest absolute Gasteiger partial charge is 0.384 e. The average Bonchev–Trinajstić information content (AvgIpc) is 2.01. The highest BCUT2D eigenvalue weighted by Crippen LogP contribution is 2.08. The average molecular weight is 166 g/mol. The van der Waals surface area contributed by atoms with E-state index in [1.54, 1.807) is 0 Å². The maximum absolute atomic E-state index is 11.1. The van der Waals surface area contributed by atoms with E-state index >= 15 is 0 Å². The molecule has 0 aliphatic heterocycles. The second-order valence-electron chi connectivity index (χ2n) is 2.28. The molecule has 0 radical (unpaired) electrons. The van der Waals surface area contributed by atoms with Gasteiger partial charge < -0.3 is 16.8 Å². The molecule has 0 saturated heterocycles. The third kappa shape index (κ3) is 1.63. The number of nitrogen functional groups attached to an aromatic ring is 2. The standard InChI is InChI=1S/C7H10N4O/c1-10-7(12)4-2-5(8)11-6(9)3-4/h2-3H,1H3,(H,10,12)(H4,8,9,11). The third-order valence-electron chi connectivity index (χ3n) is 1.35. The fourth-order valence-electron chi connectivity index (χ4n) is 0.849. The van der Waals surface area contributed by atoms with Gasteiger partial charge in [0.25, 0.3) is 5.91 Å². The van der Waals surface area contributed by atoms with Crippen LogP contribution in [0.15, 0.2) is 12.1 Å². The minimum atomic E-state index is -0.226. The molecule has 0 atom stereocenters. The Bertz CT molecular complexity index is 290. The van der Waals surface area contributed by atoms with E-state index in [4.69, 9.17) is 11.5 Å². The van der Waals surface area contributed by atoms with Crippen molar-refractivity contribution in [3.05, 3.63) is 17.7 Å². The van der Waals surface area contributed by atoms with E-state index < -0.39 is 0 Å². The van der Waals surface area contributed by atoms with Crippen LogP contribution in [0.1, 0.15) is 10.4 Å². The van der Waals surface area contributed by atoms with Crippen LogP contribution in [-0.4, -0.2) is 17.9 Å². The van der Waals surface area contributed by atoms with Gasteiger partial charge in [-0.05, 0) is 12.1 Å². The fourth-order valence-corrected chi connectivity index (χ4v) is 0.849. The summed E-state index contributed by atoms with van der Waals surface area (Å²) in [6.07, 6.45) is 0. The van der Waals surface area contributed by atoms with E-state index in [1.165, 1.54) is 19.2 Å². The van der Waals surface area contributed by atoms with Gasteiger partial charge in [0.1, 0.15) is 11.6 Å². The van der Waals surface area contributed by atoms with Crippen molar-refractivity contribution < 1.29 is 4.79 Å². The Morgan fingerprint density at radius 2 is 1.92 bits per heavy atom. The second-order valence-corrected chi connectivity index (χ2v) is 2.28. The molecule has 5 N–H and O–H groups in total. The molecule has 1 amide bonds. The van der Waals surface area contributed by atoms with Gasteiger partial charge in [0, 0.05) is 12.6 Å². The summed E-state index contributed by atoms with van der Waals surface area (Å²) in [5, 5.41) is 2.46. The lowest BCUT2D eigenvalue weighted by Crippen LogP contribution is -2.18. The molecule has 1 aromatic rings. The number of nitrogens with one attached hydrogen (secondary N) is 1. The smallest absolute Gasteiger partial charge is 0.251 e. The van der Waals surface area contributed by atoms with Crippen LogP contribution < -0.4 is 16.8 Å². The quantitative estimate of drug-likeness (QED) is 0.529. The summed E-state index contributed by atoms with van der Waals surface area (Å²) in [5.74, 6) is 0.262. The number of amides is 1. The molecular formula is C7H10N4O. The molecule has 0 saturated carbocycles. The summed E-state index contributed by atoms with van der Waals surface area (Å²) in [6.45, 7) is 0. The first-order chi connectivity index (χ1) is 5.63. The zero-order valence-electron chi connectivity index (χ0n) is 6.66. The minimum absolute atomic E-state index is 0.226. The highest BCUT2D eigenvalue weighted by Gasteiger charge is 2.04. The van der Waals surface area contributed by atoms with Crippen LogP contribution in [0.5, 0.6) is 0 Å². The third-order valence-corrected chi connectivity index (χ3v) is 1.35. The van der Waals surface area contributed by atoms with Crippen LogP contribution in [0.2, 0.25) is 0 Å². The van der Waals surface area contributed by atoms with E-state index in [0.717, 1.165) is 0 Å². The van der Waals surface area contributed by atoms with Crippen molar-refractivity contribution in [3.8, 4) is 0 Å². The Balaban J connectivity index is 3.08. The van der Waals surface area contributed by atoms with E-state index in [2.05, 4.69) is 10.3 Å². The molecule has 1 rings (SSSR count). The first kappa shape index (κ1) is 8.32. The minimum Gasteiger partial charge on any atom is -0.384 e. The van der Waals surface area contributed by atoms with E-state index in [1.807, 2.05) is 0 Å². The SMILES string of the molecule is CNC(=O)c1cc(N)nc(N)c1. The molecule has 12 heavy (non-hydrogen) atoms. The van der Waals surface area contributed by atoms with Crippen LogP contribution in [0, 0.1) is 0 Å². The molecular weight excluding hydrogens is 156 g/mol. The molecule has 1 heterocycles. The number of hydrogen-bond donors (Lipinski definition) is 3. The maximum atomic E-state index is 11.1. The number of hydrogen-bond acceptors (Lipinski definition) is 4. The summed E-state index contributed by atoms with van der Waals surface area (Å²) < 4.78 is 0. The van der Waals surface area contributed by atoms with Gasteiger partial charge in [-0.25, -0.2) is 4.98 Å². The van der Waals surface area contributed by atoms with Crippen molar-refractivity contribution in [1.29, 1.82) is 0 Å². The van der Waals surface area contributed by atoms with E-state index in [0.29, 0.717) is 5.56 Å². The number of aromatic nitrogens is 1. The first-order valence-corrected chi connectivity index (χ1v) is 3.38. The highest BCUT2D eigenvalue weighted by molar-refractivity contribution is 5.95. The molecule has 1 aromatic heterocycles. The lowest BCUT2D eigenvalue weighted by molar-refractivity contribution is 0.0963. The molecule has 0 aromatic carbocycles. The molecule has 0 spiro atoms. The topological polar surface area (TPSA) is 94.0 Å². The van der Waals surface area contributed by atoms with Gasteiger partial charge in [-0.2, -0.15) is 0 Å². The van der Waals surface area contributed by atoms with E-state index in [-0.39, 0.29) is 17.5 Å². The zero-order chi connectivity index (χ0) is 9.14. The zero-order valence-corrected chi connectivity index (χ0v) is 6.66. The Morgan fingerprint density at radius 1 is 1.42 bits per heavy atom. The van der Waals surface area contributed by atoms with Crippen LogP contribution in [0.25, 0.3) is 0 Å². The number of nitrogens with two attached hydrogens (primary N) is 2. The summed E-state index contributed by atoms with van der Waals surface area (Å²) in [5.41, 5.74) is 11.2. The highest BCUT2D eigenvalue weighted by atomic mass is 16.1. The van der Waals surface area contributed by atoms with Gasteiger partial charge >= 0.3 is 0 Å². The first-order valence-electron chi connectivity index (χ1n) is 3.38. The van der Waals surface area contributed by atoms with Gasteiger partial charge in [-0.1, -0.05) is 0 Å². The molecule has 64 valence electrons. The monoisotopic (exact) mass is 166 g/mol. The maximum Gasteiger partial charge on any atom is 0.251 e. The summed E-state index contributed by atoms with van der Waals surface area (Å²) in [6, 6.07) is 2.93. The molecule has 0 unspecified atom stereocenters. The van der Waals surface area contributed by atoms with Crippen LogP contribution in [0.3, 0.4) is 0 Å². The Kier molecular flexibility index (Phi) is 2.14. The predicted molar refractivity (Wildman–Crippen MR) is 46.5 cm³/mol. The normalized spacial score (nSPS) is 9.42. The molecule has 0 aliphatic rings. The van der Waals surface area contributed by atoms with E-state index in [9.17, 15) is 4.79 Å². The van der Waals surface area contributed by atoms with Crippen LogP contribution in [-0.2, 0) is 0 Å². The molecule has 0 fully saturated rings. The van der Waals surface area contributed by atoms with Crippen molar-refractivity contribution in [2.45, 2.75) is 0 Å².